The van der Waals surface area contributed by atoms with Crippen LogP contribution in [0.1, 0.15) is 50.8 Å². The molecule has 0 N–H and O–H groups in total. The molecule has 52 heavy (non-hydrogen) atoms. The van der Waals surface area contributed by atoms with Crippen molar-refractivity contribution in [2.45, 2.75) is 89.2 Å². The number of amides is 1. The summed E-state index contributed by atoms with van der Waals surface area (Å²) in [7, 11) is -4.01. The summed E-state index contributed by atoms with van der Waals surface area (Å²) in [5, 5.41) is 0. The second-order valence-electron chi connectivity index (χ2n) is 14.8. The molecule has 3 aromatic rings. The Labute approximate surface area is 305 Å². The fourth-order valence-electron chi connectivity index (χ4n) is 7.54. The van der Waals surface area contributed by atoms with Crippen molar-refractivity contribution >= 4 is 16.1 Å². The molecule has 0 aliphatic carbocycles. The van der Waals surface area contributed by atoms with E-state index < -0.39 is 40.1 Å². The van der Waals surface area contributed by atoms with Gasteiger partial charge in [-0.15, -0.1) is 0 Å². The minimum absolute atomic E-state index is 0.00834. The summed E-state index contributed by atoms with van der Waals surface area (Å²) in [4.78, 5) is 15.9. The third kappa shape index (κ3) is 7.74. The van der Waals surface area contributed by atoms with Crippen molar-refractivity contribution in [1.29, 1.82) is 0 Å². The lowest BCUT2D eigenvalue weighted by Crippen LogP contribution is -2.51. The lowest BCUT2D eigenvalue weighted by Gasteiger charge is -2.34. The zero-order valence-electron chi connectivity index (χ0n) is 30.4. The molecule has 1 unspecified atom stereocenters. The predicted octanol–water partition coefficient (Wildman–Crippen LogP) is 5.90. The maximum Gasteiger partial charge on any atom is 0.412 e. The fourth-order valence-corrected chi connectivity index (χ4v) is 9.17. The number of sulfonamides is 1. The van der Waals surface area contributed by atoms with Crippen LogP contribution in [0, 0.1) is 18.8 Å². The Balaban J connectivity index is 1.15. The van der Waals surface area contributed by atoms with Crippen molar-refractivity contribution in [3.8, 4) is 17.2 Å². The van der Waals surface area contributed by atoms with Gasteiger partial charge in [0.25, 0.3) is 0 Å². The normalized spacial score (nSPS) is 24.8. The minimum atomic E-state index is -4.01. The van der Waals surface area contributed by atoms with Crippen LogP contribution >= 0.6 is 0 Å². The van der Waals surface area contributed by atoms with Gasteiger partial charge in [0.05, 0.1) is 36.2 Å². The van der Waals surface area contributed by atoms with Crippen LogP contribution in [0.15, 0.2) is 71.6 Å². The van der Waals surface area contributed by atoms with Crippen molar-refractivity contribution in [2.24, 2.45) is 11.8 Å². The lowest BCUT2D eigenvalue weighted by atomic mass is 9.99. The molecule has 280 valence electrons. The van der Waals surface area contributed by atoms with E-state index in [1.165, 1.54) is 22.0 Å². The van der Waals surface area contributed by atoms with Gasteiger partial charge in [0.15, 0.2) is 17.8 Å². The number of aryl methyl sites for hydroxylation is 1. The number of ether oxygens (including phenoxy) is 7. The van der Waals surface area contributed by atoms with Crippen LogP contribution in [0.5, 0.6) is 17.2 Å². The first kappa shape index (κ1) is 36.5. The van der Waals surface area contributed by atoms with Gasteiger partial charge in [0, 0.05) is 19.2 Å². The number of carbonyl (C=O) groups is 1. The van der Waals surface area contributed by atoms with E-state index in [1.807, 2.05) is 64.1 Å². The first-order valence-electron chi connectivity index (χ1n) is 18.0. The smallest absolute Gasteiger partial charge is 0.412 e. The number of carbonyl (C=O) groups excluding carboxylic acids is 1. The third-order valence-corrected chi connectivity index (χ3v) is 11.8. The molecule has 0 saturated carbocycles. The van der Waals surface area contributed by atoms with E-state index in [0.29, 0.717) is 36.9 Å². The maximum absolute atomic E-state index is 14.3. The minimum Gasteiger partial charge on any atom is -0.489 e. The van der Waals surface area contributed by atoms with Gasteiger partial charge in [-0.3, -0.25) is 4.90 Å². The number of benzene rings is 3. The molecule has 4 aliphatic heterocycles. The SMILES string of the molecule is Cc1cccc(COc2ccc(C[C@H]3[C@@H](CN(CC(C)C)S(=O)(=O)c4ccc5c(c4)OCO5)OC(C)(C)N3C(=O)O[C@H]3CO[C@H]4OCCC43)cc2)c1. The molecule has 3 saturated heterocycles. The van der Waals surface area contributed by atoms with Gasteiger partial charge in [0.2, 0.25) is 16.8 Å². The maximum atomic E-state index is 14.3. The highest BCUT2D eigenvalue weighted by Crippen LogP contribution is 2.40. The van der Waals surface area contributed by atoms with Crippen LogP contribution in [0.25, 0.3) is 0 Å². The van der Waals surface area contributed by atoms with E-state index in [0.717, 1.165) is 17.5 Å². The summed E-state index contributed by atoms with van der Waals surface area (Å²) < 4.78 is 71.2. The van der Waals surface area contributed by atoms with Crippen molar-refractivity contribution in [3.05, 3.63) is 83.4 Å². The molecular weight excluding hydrogens is 689 g/mol. The Morgan fingerprint density at radius 3 is 2.56 bits per heavy atom. The van der Waals surface area contributed by atoms with Crippen LogP contribution in [0.2, 0.25) is 0 Å². The van der Waals surface area contributed by atoms with Crippen LogP contribution in [-0.4, -0.2) is 87.1 Å². The molecule has 13 heteroatoms. The quantitative estimate of drug-likeness (QED) is 0.222. The summed E-state index contributed by atoms with van der Waals surface area (Å²) in [6, 6.07) is 20.0. The number of nitrogens with zero attached hydrogens (tertiary/aromatic N) is 2. The summed E-state index contributed by atoms with van der Waals surface area (Å²) >= 11 is 0. The van der Waals surface area contributed by atoms with Crippen molar-refractivity contribution in [2.75, 3.05) is 33.1 Å². The highest BCUT2D eigenvalue weighted by molar-refractivity contribution is 7.89. The molecular formula is C39H48N2O10S. The van der Waals surface area contributed by atoms with Gasteiger partial charge in [-0.25, -0.2) is 13.2 Å². The predicted molar refractivity (Wildman–Crippen MR) is 190 cm³/mol. The Morgan fingerprint density at radius 2 is 1.79 bits per heavy atom. The molecule has 0 bridgehead atoms. The Bertz CT molecular complexity index is 1850. The van der Waals surface area contributed by atoms with E-state index >= 15 is 0 Å². The molecule has 0 radical (unpaired) electrons. The average Bonchev–Trinajstić information content (AvgIpc) is 3.89. The zero-order valence-corrected chi connectivity index (χ0v) is 31.2. The molecule has 1 amide bonds. The molecule has 3 aromatic carbocycles. The number of hydrogen-bond donors (Lipinski definition) is 0. The van der Waals surface area contributed by atoms with Gasteiger partial charge in [-0.1, -0.05) is 55.8 Å². The Morgan fingerprint density at radius 1 is 1.00 bits per heavy atom. The largest absolute Gasteiger partial charge is 0.489 e. The van der Waals surface area contributed by atoms with Crippen molar-refractivity contribution in [1.82, 2.24) is 9.21 Å². The van der Waals surface area contributed by atoms with Gasteiger partial charge >= 0.3 is 6.09 Å². The zero-order chi connectivity index (χ0) is 36.6. The van der Waals surface area contributed by atoms with Gasteiger partial charge < -0.3 is 33.2 Å². The van der Waals surface area contributed by atoms with Gasteiger partial charge in [-0.2, -0.15) is 4.31 Å². The van der Waals surface area contributed by atoms with E-state index in [9.17, 15) is 13.2 Å². The van der Waals surface area contributed by atoms with E-state index in [-0.39, 0.29) is 49.5 Å². The Hall–Kier alpha value is -3.88. The van der Waals surface area contributed by atoms with Gasteiger partial charge in [0.1, 0.15) is 24.2 Å². The monoisotopic (exact) mass is 736 g/mol. The average molecular weight is 737 g/mol. The number of hydrogen-bond acceptors (Lipinski definition) is 10. The van der Waals surface area contributed by atoms with E-state index in [2.05, 4.69) is 19.1 Å². The van der Waals surface area contributed by atoms with Crippen LogP contribution in [0.3, 0.4) is 0 Å². The third-order valence-electron chi connectivity index (χ3n) is 10.0. The van der Waals surface area contributed by atoms with Crippen LogP contribution in [0.4, 0.5) is 4.79 Å². The van der Waals surface area contributed by atoms with Crippen LogP contribution in [-0.2, 0) is 42.0 Å². The second-order valence-corrected chi connectivity index (χ2v) is 16.8. The topological polar surface area (TPSA) is 122 Å². The summed E-state index contributed by atoms with van der Waals surface area (Å²) in [6.07, 6.45) is -0.923. The van der Waals surface area contributed by atoms with Crippen molar-refractivity contribution in [3.63, 3.8) is 0 Å². The first-order valence-corrected chi connectivity index (χ1v) is 19.4. The van der Waals surface area contributed by atoms with Crippen molar-refractivity contribution < 1.29 is 46.4 Å². The molecule has 4 heterocycles. The summed E-state index contributed by atoms with van der Waals surface area (Å²) in [5.41, 5.74) is 2.07. The molecule has 7 rings (SSSR count). The lowest BCUT2D eigenvalue weighted by molar-refractivity contribution is -0.0911. The van der Waals surface area contributed by atoms with E-state index in [1.54, 1.807) is 11.0 Å². The summed E-state index contributed by atoms with van der Waals surface area (Å²) in [6.45, 7) is 11.1. The molecule has 4 aliphatic rings. The van der Waals surface area contributed by atoms with E-state index in [4.69, 9.17) is 33.2 Å². The molecule has 3 fully saturated rings. The molecule has 12 nitrogen and oxygen atoms in total. The number of fused-ring (bicyclic) bond motifs is 2. The fraction of sp³-hybridized carbons (Fsp3) is 0.513. The van der Waals surface area contributed by atoms with Gasteiger partial charge in [-0.05, 0) is 74.9 Å². The highest BCUT2D eigenvalue weighted by atomic mass is 32.2. The molecule has 5 atom stereocenters. The van der Waals surface area contributed by atoms with Crippen LogP contribution < -0.4 is 14.2 Å². The standard InChI is InChI=1S/C39H48N2O10S/c1-25(2)20-40(52(43,44)30-13-14-33-34(19-30)49-24-48-33)21-35-32(18-27-9-11-29(12-10-27)46-22-28-8-6-7-26(3)17-28)41(39(4,5)51-35)38(42)50-36-23-47-37-31(36)15-16-45-37/h6-14,17,19,25,31-32,35-37H,15-16,18,20-24H2,1-5H3/t31?,32-,35+,36-,37+/m0/s1. The molecule has 0 spiro atoms. The number of rotatable bonds is 12. The summed E-state index contributed by atoms with van der Waals surface area (Å²) in [5.74, 6) is 1.57. The first-order chi connectivity index (χ1) is 24.9. The Kier molecular flexibility index (Phi) is 10.4. The highest BCUT2D eigenvalue weighted by Gasteiger charge is 2.53. The second kappa shape index (κ2) is 14.9. The molecule has 0 aromatic heterocycles.